The summed E-state index contributed by atoms with van der Waals surface area (Å²) in [6.07, 6.45) is 0. The summed E-state index contributed by atoms with van der Waals surface area (Å²) in [5.41, 5.74) is 0. The van der Waals surface area contributed by atoms with Crippen molar-refractivity contribution in [2.24, 2.45) is 0 Å². The van der Waals surface area contributed by atoms with Gasteiger partial charge in [-0.1, -0.05) is 6.07 Å². The van der Waals surface area contributed by atoms with Gasteiger partial charge in [0.2, 0.25) is 5.91 Å². The molecule has 0 fully saturated rings. The van der Waals surface area contributed by atoms with E-state index < -0.39 is 0 Å². The number of nitrogens with zero attached hydrogens (tertiary/aromatic N) is 1. The number of rotatable bonds is 7. The number of hydrogen-bond donors (Lipinski definition) is 1. The van der Waals surface area contributed by atoms with E-state index in [0.29, 0.717) is 6.54 Å². The van der Waals surface area contributed by atoms with Crippen LogP contribution in [0.4, 0.5) is 0 Å². The molecule has 6 heteroatoms. The Kier molecular flexibility index (Phi) is 6.52. The highest BCUT2D eigenvalue weighted by Crippen LogP contribution is 2.07. The predicted octanol–water partition coefficient (Wildman–Crippen LogP) is 1.25. The van der Waals surface area contributed by atoms with Gasteiger partial charge in [0.1, 0.15) is 0 Å². The fourth-order valence-corrected chi connectivity index (χ4v) is 2.14. The van der Waals surface area contributed by atoms with Gasteiger partial charge in [-0.25, -0.2) is 0 Å². The zero-order chi connectivity index (χ0) is 14.3. The molecular weight excluding hydrogens is 264 g/mol. The first-order valence-corrected chi connectivity index (χ1v) is 7.01. The van der Waals surface area contributed by atoms with Crippen molar-refractivity contribution in [1.29, 1.82) is 0 Å². The van der Waals surface area contributed by atoms with Gasteiger partial charge in [-0.05, 0) is 25.3 Å². The van der Waals surface area contributed by atoms with E-state index in [2.05, 4.69) is 10.1 Å². The van der Waals surface area contributed by atoms with E-state index in [1.807, 2.05) is 31.4 Å². The van der Waals surface area contributed by atoms with Crippen LogP contribution in [-0.4, -0.2) is 43.0 Å². The van der Waals surface area contributed by atoms with Crippen LogP contribution < -0.4 is 5.32 Å². The number of amides is 1. The maximum atomic E-state index is 11.8. The van der Waals surface area contributed by atoms with E-state index in [9.17, 15) is 9.59 Å². The minimum absolute atomic E-state index is 0.0917. The number of thiophene rings is 1. The smallest absolute Gasteiger partial charge is 0.319 e. The Morgan fingerprint density at radius 1 is 1.42 bits per heavy atom. The monoisotopic (exact) mass is 284 g/mol. The maximum absolute atomic E-state index is 11.8. The highest BCUT2D eigenvalue weighted by Gasteiger charge is 2.17. The molecule has 0 aromatic carbocycles. The van der Waals surface area contributed by atoms with Crippen LogP contribution >= 0.6 is 11.3 Å². The Bertz CT molecular complexity index is 404. The first kappa shape index (κ1) is 15.7. The van der Waals surface area contributed by atoms with Crippen LogP contribution in [0, 0.1) is 0 Å². The quantitative estimate of drug-likeness (QED) is 0.766. The summed E-state index contributed by atoms with van der Waals surface area (Å²) >= 11 is 1.60. The first-order valence-electron chi connectivity index (χ1n) is 6.13. The second-order valence-corrected chi connectivity index (χ2v) is 5.46. The topological polar surface area (TPSA) is 58.6 Å². The molecule has 1 aromatic heterocycles. The number of esters is 1. The van der Waals surface area contributed by atoms with Crippen molar-refractivity contribution in [2.75, 3.05) is 20.2 Å². The molecule has 1 aromatic rings. The number of hydrogen-bond acceptors (Lipinski definition) is 5. The summed E-state index contributed by atoms with van der Waals surface area (Å²) in [6, 6.07) is 4.02. The van der Waals surface area contributed by atoms with E-state index in [-0.39, 0.29) is 31.0 Å². The van der Waals surface area contributed by atoms with Gasteiger partial charge >= 0.3 is 5.97 Å². The van der Waals surface area contributed by atoms with Crippen molar-refractivity contribution in [3.05, 3.63) is 22.4 Å². The highest BCUT2D eigenvalue weighted by atomic mass is 32.1. The lowest BCUT2D eigenvalue weighted by molar-refractivity contribution is -0.142. The molecule has 0 unspecified atom stereocenters. The molecule has 1 amide bonds. The Hall–Kier alpha value is -1.40. The molecule has 1 rings (SSSR count). The SMILES string of the molecule is COC(=O)CN(CC(=O)NCc1cccs1)C(C)C. The molecule has 0 aliphatic heterocycles. The van der Waals surface area contributed by atoms with Crippen LogP contribution in [0.2, 0.25) is 0 Å². The summed E-state index contributed by atoms with van der Waals surface area (Å²) in [5, 5.41) is 4.81. The zero-order valence-electron chi connectivity index (χ0n) is 11.5. The molecule has 0 saturated carbocycles. The average Bonchev–Trinajstić information content (AvgIpc) is 2.88. The Balaban J connectivity index is 2.40. The molecular formula is C13H20N2O3S. The Morgan fingerprint density at radius 3 is 2.68 bits per heavy atom. The van der Waals surface area contributed by atoms with Crippen LogP contribution in [0.3, 0.4) is 0 Å². The van der Waals surface area contributed by atoms with E-state index in [0.717, 1.165) is 4.88 Å². The van der Waals surface area contributed by atoms with Gasteiger partial charge < -0.3 is 10.1 Å². The fraction of sp³-hybridized carbons (Fsp3) is 0.538. The first-order chi connectivity index (χ1) is 9.02. The second kappa shape index (κ2) is 7.91. The van der Waals surface area contributed by atoms with Gasteiger partial charge in [-0.15, -0.1) is 11.3 Å². The number of ether oxygens (including phenoxy) is 1. The molecule has 0 atom stereocenters. The Morgan fingerprint density at radius 2 is 2.16 bits per heavy atom. The lowest BCUT2D eigenvalue weighted by Crippen LogP contribution is -2.43. The third-order valence-electron chi connectivity index (χ3n) is 2.68. The van der Waals surface area contributed by atoms with Crippen molar-refractivity contribution in [3.63, 3.8) is 0 Å². The number of carbonyl (C=O) groups excluding carboxylic acids is 2. The lowest BCUT2D eigenvalue weighted by Gasteiger charge is -2.24. The number of methoxy groups -OCH3 is 1. The molecule has 0 bridgehead atoms. The van der Waals surface area contributed by atoms with E-state index in [1.54, 1.807) is 16.2 Å². The van der Waals surface area contributed by atoms with Gasteiger partial charge in [0.05, 0.1) is 26.7 Å². The van der Waals surface area contributed by atoms with Crippen LogP contribution in [0.25, 0.3) is 0 Å². The van der Waals surface area contributed by atoms with Gasteiger partial charge in [0.15, 0.2) is 0 Å². The standard InChI is InChI=1S/C13H20N2O3S/c1-10(2)15(9-13(17)18-3)8-12(16)14-7-11-5-4-6-19-11/h4-6,10H,7-9H2,1-3H3,(H,14,16). The van der Waals surface area contributed by atoms with E-state index in [4.69, 9.17) is 0 Å². The predicted molar refractivity (Wildman–Crippen MR) is 74.9 cm³/mol. The van der Waals surface area contributed by atoms with Crippen LogP contribution in [-0.2, 0) is 20.9 Å². The molecule has 0 spiro atoms. The normalized spacial score (nSPS) is 10.8. The average molecular weight is 284 g/mol. The zero-order valence-corrected chi connectivity index (χ0v) is 12.3. The molecule has 0 radical (unpaired) electrons. The lowest BCUT2D eigenvalue weighted by atomic mass is 10.3. The summed E-state index contributed by atoms with van der Waals surface area (Å²) in [5.74, 6) is -0.425. The molecule has 5 nitrogen and oxygen atoms in total. The summed E-state index contributed by atoms with van der Waals surface area (Å²) < 4.78 is 4.62. The van der Waals surface area contributed by atoms with Crippen LogP contribution in [0.15, 0.2) is 17.5 Å². The Labute approximate surface area is 117 Å². The molecule has 19 heavy (non-hydrogen) atoms. The second-order valence-electron chi connectivity index (χ2n) is 4.43. The number of nitrogens with one attached hydrogen (secondary N) is 1. The van der Waals surface area contributed by atoms with Crippen molar-refractivity contribution >= 4 is 23.2 Å². The largest absolute Gasteiger partial charge is 0.468 e. The number of carbonyl (C=O) groups is 2. The van der Waals surface area contributed by atoms with Gasteiger partial charge in [-0.3, -0.25) is 14.5 Å². The van der Waals surface area contributed by atoms with Crippen molar-refractivity contribution < 1.29 is 14.3 Å². The summed E-state index contributed by atoms with van der Waals surface area (Å²) in [6.45, 7) is 4.73. The van der Waals surface area contributed by atoms with Gasteiger partial charge in [0, 0.05) is 10.9 Å². The molecule has 0 saturated heterocycles. The highest BCUT2D eigenvalue weighted by molar-refractivity contribution is 7.09. The van der Waals surface area contributed by atoms with E-state index in [1.165, 1.54) is 7.11 Å². The molecule has 0 aliphatic carbocycles. The fourth-order valence-electron chi connectivity index (χ4n) is 1.49. The molecule has 1 heterocycles. The third-order valence-corrected chi connectivity index (χ3v) is 3.55. The molecule has 0 aliphatic rings. The van der Waals surface area contributed by atoms with Crippen molar-refractivity contribution in [1.82, 2.24) is 10.2 Å². The summed E-state index contributed by atoms with van der Waals surface area (Å²) in [4.78, 5) is 26.0. The third kappa shape index (κ3) is 5.85. The van der Waals surface area contributed by atoms with E-state index >= 15 is 0 Å². The van der Waals surface area contributed by atoms with Crippen LogP contribution in [0.1, 0.15) is 18.7 Å². The van der Waals surface area contributed by atoms with Crippen molar-refractivity contribution in [3.8, 4) is 0 Å². The van der Waals surface area contributed by atoms with Crippen molar-refractivity contribution in [2.45, 2.75) is 26.4 Å². The maximum Gasteiger partial charge on any atom is 0.319 e. The van der Waals surface area contributed by atoms with Gasteiger partial charge in [-0.2, -0.15) is 0 Å². The van der Waals surface area contributed by atoms with Gasteiger partial charge in [0.25, 0.3) is 0 Å². The minimum atomic E-state index is -0.334. The van der Waals surface area contributed by atoms with Crippen LogP contribution in [0.5, 0.6) is 0 Å². The summed E-state index contributed by atoms with van der Waals surface area (Å²) in [7, 11) is 1.34. The minimum Gasteiger partial charge on any atom is -0.468 e. The molecule has 1 N–H and O–H groups in total. The molecule has 106 valence electrons.